The third-order valence-corrected chi connectivity index (χ3v) is 7.11. The van der Waals surface area contributed by atoms with Gasteiger partial charge in [0, 0.05) is 22.7 Å². The summed E-state index contributed by atoms with van der Waals surface area (Å²) in [5.74, 6) is -0.383. The molecule has 0 aliphatic carbocycles. The van der Waals surface area contributed by atoms with Gasteiger partial charge in [-0.15, -0.1) is 10.2 Å². The van der Waals surface area contributed by atoms with E-state index >= 15 is 0 Å². The third-order valence-electron chi connectivity index (χ3n) is 4.94. The summed E-state index contributed by atoms with van der Waals surface area (Å²) in [5, 5.41) is 12.2. The molecule has 0 saturated carbocycles. The van der Waals surface area contributed by atoms with Crippen LogP contribution in [-0.2, 0) is 0 Å². The van der Waals surface area contributed by atoms with Crippen LogP contribution in [0.25, 0.3) is 10.9 Å². The number of benzene rings is 3. The maximum atomic E-state index is 13.9. The molecule has 8 heteroatoms. The number of Topliss-reactive ketones (excluding diaryl/α,β-unsaturated/α-hetero) is 1. The van der Waals surface area contributed by atoms with Crippen molar-refractivity contribution in [2.24, 2.45) is 0 Å². The van der Waals surface area contributed by atoms with Gasteiger partial charge in [-0.25, -0.2) is 4.39 Å². The van der Waals surface area contributed by atoms with E-state index in [1.54, 1.807) is 24.4 Å². The molecule has 0 aliphatic rings. The second-order valence-corrected chi connectivity index (χ2v) is 9.33. The Bertz CT molecular complexity index is 1380. The number of carbonyl (C=O) groups is 1. The molecule has 158 valence electrons. The molecule has 0 saturated heterocycles. The van der Waals surface area contributed by atoms with E-state index < -0.39 is 5.25 Å². The zero-order valence-corrected chi connectivity index (χ0v) is 18.3. The van der Waals surface area contributed by atoms with Gasteiger partial charge in [0.25, 0.3) is 0 Å². The van der Waals surface area contributed by atoms with Crippen LogP contribution in [0.4, 0.5) is 15.2 Å². The van der Waals surface area contributed by atoms with Gasteiger partial charge in [0.2, 0.25) is 5.13 Å². The van der Waals surface area contributed by atoms with Crippen LogP contribution in [0.1, 0.15) is 21.2 Å². The molecule has 2 aromatic heterocycles. The minimum atomic E-state index is -0.496. The van der Waals surface area contributed by atoms with E-state index in [4.69, 9.17) is 0 Å². The number of carbonyl (C=O) groups excluding carboxylic acids is 1. The van der Waals surface area contributed by atoms with Crippen molar-refractivity contribution in [1.29, 1.82) is 0 Å². The third kappa shape index (κ3) is 4.15. The number of rotatable bonds is 7. The van der Waals surface area contributed by atoms with Gasteiger partial charge in [-0.1, -0.05) is 83.8 Å². The number of hydrogen-bond acceptors (Lipinski definition) is 6. The van der Waals surface area contributed by atoms with Crippen molar-refractivity contribution in [3.8, 4) is 0 Å². The Hall–Kier alpha value is -3.49. The average Bonchev–Trinajstić information content (AvgIpc) is 3.46. The number of fused-ring (bicyclic) bond motifs is 1. The molecule has 0 bridgehead atoms. The van der Waals surface area contributed by atoms with E-state index in [-0.39, 0.29) is 11.6 Å². The van der Waals surface area contributed by atoms with E-state index in [1.807, 2.05) is 54.6 Å². The van der Waals surface area contributed by atoms with Crippen LogP contribution in [-0.4, -0.2) is 21.0 Å². The summed E-state index contributed by atoms with van der Waals surface area (Å²) in [6, 6.07) is 23.7. The number of anilines is 2. The number of para-hydroxylation sites is 2. The van der Waals surface area contributed by atoms with Crippen molar-refractivity contribution in [3.05, 3.63) is 102 Å². The number of nitrogens with one attached hydrogen (secondary N) is 2. The molecule has 3 aromatic carbocycles. The minimum absolute atomic E-state index is 0.0162. The molecule has 1 atom stereocenters. The van der Waals surface area contributed by atoms with Gasteiger partial charge in [-0.05, 0) is 23.8 Å². The summed E-state index contributed by atoms with van der Waals surface area (Å²) in [7, 11) is 0. The van der Waals surface area contributed by atoms with Crippen LogP contribution < -0.4 is 5.32 Å². The van der Waals surface area contributed by atoms with Crippen molar-refractivity contribution in [3.63, 3.8) is 0 Å². The quantitative estimate of drug-likeness (QED) is 0.211. The van der Waals surface area contributed by atoms with Gasteiger partial charge in [0.1, 0.15) is 11.1 Å². The molecule has 5 nitrogen and oxygen atoms in total. The van der Waals surface area contributed by atoms with Gasteiger partial charge >= 0.3 is 0 Å². The maximum Gasteiger partial charge on any atom is 0.210 e. The van der Waals surface area contributed by atoms with Crippen molar-refractivity contribution in [2.45, 2.75) is 9.59 Å². The Labute approximate surface area is 191 Å². The zero-order chi connectivity index (χ0) is 21.9. The van der Waals surface area contributed by atoms with Gasteiger partial charge in [0.15, 0.2) is 10.1 Å². The predicted octanol–water partition coefficient (Wildman–Crippen LogP) is 6.62. The van der Waals surface area contributed by atoms with Gasteiger partial charge < -0.3 is 10.3 Å². The molecule has 0 spiro atoms. The van der Waals surface area contributed by atoms with E-state index in [0.29, 0.717) is 20.7 Å². The number of ketones is 1. The lowest BCUT2D eigenvalue weighted by molar-refractivity contribution is 0.0991. The number of halogens is 1. The van der Waals surface area contributed by atoms with E-state index in [1.165, 1.54) is 29.2 Å². The average molecular weight is 461 g/mol. The molecular formula is C24H17FN4OS2. The maximum absolute atomic E-state index is 13.9. The molecule has 0 radical (unpaired) electrons. The Balaban J connectivity index is 1.44. The number of aromatic nitrogens is 3. The van der Waals surface area contributed by atoms with Gasteiger partial charge in [-0.3, -0.25) is 4.79 Å². The summed E-state index contributed by atoms with van der Waals surface area (Å²) < 4.78 is 14.6. The topological polar surface area (TPSA) is 70.7 Å². The molecular weight excluding hydrogens is 443 g/mol. The number of H-pyrrole nitrogens is 1. The summed E-state index contributed by atoms with van der Waals surface area (Å²) in [5.41, 5.74) is 2.76. The molecule has 32 heavy (non-hydrogen) atoms. The van der Waals surface area contributed by atoms with Crippen LogP contribution in [0.3, 0.4) is 0 Å². The van der Waals surface area contributed by atoms with Crippen molar-refractivity contribution in [2.75, 3.05) is 5.32 Å². The highest BCUT2D eigenvalue weighted by atomic mass is 32.2. The highest BCUT2D eigenvalue weighted by Gasteiger charge is 2.27. The summed E-state index contributed by atoms with van der Waals surface area (Å²) >= 11 is 2.62. The summed E-state index contributed by atoms with van der Waals surface area (Å²) in [6.07, 6.45) is 1.76. The Morgan fingerprint density at radius 1 is 0.969 bits per heavy atom. The Morgan fingerprint density at radius 2 is 1.72 bits per heavy atom. The summed E-state index contributed by atoms with van der Waals surface area (Å²) in [4.78, 5) is 16.8. The first-order valence-electron chi connectivity index (χ1n) is 9.86. The predicted molar refractivity (Wildman–Crippen MR) is 127 cm³/mol. The van der Waals surface area contributed by atoms with E-state index in [0.717, 1.165) is 16.5 Å². The first kappa shape index (κ1) is 20.4. The first-order chi connectivity index (χ1) is 15.7. The Morgan fingerprint density at radius 3 is 2.56 bits per heavy atom. The lowest BCUT2D eigenvalue weighted by Crippen LogP contribution is -2.09. The molecule has 5 rings (SSSR count). The van der Waals surface area contributed by atoms with Crippen LogP contribution in [0.15, 0.2) is 89.4 Å². The largest absolute Gasteiger partial charge is 0.360 e. The van der Waals surface area contributed by atoms with E-state index in [9.17, 15) is 9.18 Å². The van der Waals surface area contributed by atoms with Crippen LogP contribution in [0.2, 0.25) is 0 Å². The zero-order valence-electron chi connectivity index (χ0n) is 16.7. The van der Waals surface area contributed by atoms with Crippen molar-refractivity contribution < 1.29 is 9.18 Å². The number of hydrogen-bond donors (Lipinski definition) is 2. The highest BCUT2D eigenvalue weighted by Crippen LogP contribution is 2.41. The van der Waals surface area contributed by atoms with Crippen LogP contribution in [0.5, 0.6) is 0 Å². The number of nitrogens with zero attached hydrogens (tertiary/aromatic N) is 2. The number of thioether (sulfide) groups is 1. The molecule has 0 amide bonds. The summed E-state index contributed by atoms with van der Waals surface area (Å²) in [6.45, 7) is 0. The molecule has 2 heterocycles. The fourth-order valence-electron chi connectivity index (χ4n) is 3.40. The van der Waals surface area contributed by atoms with Gasteiger partial charge in [0.05, 0.1) is 5.69 Å². The SMILES string of the molecule is O=C(c1c[nH]c2ccccc12)[C@@H](Sc1nnc(Nc2ccccc2F)s1)c1ccccc1. The van der Waals surface area contributed by atoms with E-state index in [2.05, 4.69) is 20.5 Å². The standard InChI is InChI=1S/C24H17FN4OS2/c25-18-11-5-7-13-20(18)27-23-28-29-24(32-23)31-22(15-8-2-1-3-9-15)21(30)17-14-26-19-12-6-4-10-16(17)19/h1-14,22,26H,(H,27,28)/t22-/m0/s1. The lowest BCUT2D eigenvalue weighted by atomic mass is 10.0. The monoisotopic (exact) mass is 460 g/mol. The van der Waals surface area contributed by atoms with Crippen LogP contribution in [0, 0.1) is 5.82 Å². The van der Waals surface area contributed by atoms with Gasteiger partial charge in [-0.2, -0.15) is 0 Å². The molecule has 2 N–H and O–H groups in total. The first-order valence-corrected chi connectivity index (χ1v) is 11.6. The van der Waals surface area contributed by atoms with Crippen LogP contribution >= 0.6 is 23.1 Å². The second-order valence-electron chi connectivity index (χ2n) is 7.00. The molecule has 0 unspecified atom stereocenters. The Kier molecular flexibility index (Phi) is 5.70. The molecule has 5 aromatic rings. The highest BCUT2D eigenvalue weighted by molar-refractivity contribution is 8.02. The minimum Gasteiger partial charge on any atom is -0.360 e. The van der Waals surface area contributed by atoms with Crippen molar-refractivity contribution in [1.82, 2.24) is 15.2 Å². The second kappa shape index (κ2) is 8.94. The smallest absolute Gasteiger partial charge is 0.210 e. The molecule has 0 aliphatic heterocycles. The fraction of sp³-hybridized carbons (Fsp3) is 0.0417. The van der Waals surface area contributed by atoms with Crippen molar-refractivity contribution >= 4 is 50.6 Å². The fourth-order valence-corrected chi connectivity index (χ4v) is 5.43. The lowest BCUT2D eigenvalue weighted by Gasteiger charge is -2.14. The normalized spacial score (nSPS) is 12.0. The molecule has 0 fully saturated rings. The number of aromatic amines is 1.